The minimum absolute atomic E-state index is 0.104. The van der Waals surface area contributed by atoms with E-state index in [0.717, 1.165) is 28.7 Å². The molecule has 1 aliphatic carbocycles. The van der Waals surface area contributed by atoms with E-state index < -0.39 is 5.97 Å². The molecule has 4 nitrogen and oxygen atoms in total. The summed E-state index contributed by atoms with van der Waals surface area (Å²) in [5.41, 5.74) is 7.03. The Bertz CT molecular complexity index is 1170. The van der Waals surface area contributed by atoms with E-state index in [-0.39, 0.29) is 23.2 Å². The van der Waals surface area contributed by atoms with Crippen LogP contribution in [-0.4, -0.2) is 19.9 Å². The number of rotatable bonds is 6. The third-order valence-electron chi connectivity index (χ3n) is 6.93. The maximum atomic E-state index is 11.2. The van der Waals surface area contributed by atoms with Crippen molar-refractivity contribution in [2.45, 2.75) is 51.4 Å². The van der Waals surface area contributed by atoms with Gasteiger partial charge in [0.2, 0.25) is 0 Å². The molecule has 0 saturated carbocycles. The molecule has 4 rings (SSSR count). The van der Waals surface area contributed by atoms with Crippen molar-refractivity contribution in [1.82, 2.24) is 0 Å². The predicted octanol–water partition coefficient (Wildman–Crippen LogP) is 5.72. The van der Waals surface area contributed by atoms with Crippen molar-refractivity contribution < 1.29 is 19.4 Å². The van der Waals surface area contributed by atoms with E-state index in [9.17, 15) is 9.90 Å². The summed E-state index contributed by atoms with van der Waals surface area (Å²) >= 11 is 0. The zero-order valence-corrected chi connectivity index (χ0v) is 20.0. The molecule has 1 aliphatic rings. The first-order chi connectivity index (χ1) is 15.6. The van der Waals surface area contributed by atoms with Gasteiger partial charge in [0.1, 0.15) is 5.75 Å². The average molecular weight is 444 g/mol. The molecular formula is C29H31O4-. The predicted molar refractivity (Wildman–Crippen MR) is 129 cm³/mol. The van der Waals surface area contributed by atoms with Gasteiger partial charge in [-0.2, -0.15) is 0 Å². The van der Waals surface area contributed by atoms with Crippen molar-refractivity contribution in [3.8, 4) is 28.0 Å². The van der Waals surface area contributed by atoms with Gasteiger partial charge in [-0.05, 0) is 51.5 Å². The summed E-state index contributed by atoms with van der Waals surface area (Å²) in [6.45, 7) is 9.41. The molecule has 0 amide bonds. The maximum Gasteiger partial charge on any atom is 0.188 e. The summed E-state index contributed by atoms with van der Waals surface area (Å²) in [5.74, 6) is -0.473. The van der Waals surface area contributed by atoms with Gasteiger partial charge < -0.3 is 19.4 Å². The number of aromatic carboxylic acids is 1. The fourth-order valence-corrected chi connectivity index (χ4v) is 4.81. The van der Waals surface area contributed by atoms with Crippen LogP contribution in [0.2, 0.25) is 0 Å². The molecule has 0 aromatic heterocycles. The van der Waals surface area contributed by atoms with Crippen molar-refractivity contribution >= 4 is 5.97 Å². The molecule has 4 heteroatoms. The van der Waals surface area contributed by atoms with Gasteiger partial charge >= 0.3 is 0 Å². The van der Waals surface area contributed by atoms with Crippen LogP contribution in [0.5, 0.6) is 5.75 Å². The molecular weight excluding hydrogens is 412 g/mol. The minimum atomic E-state index is -1.19. The first-order valence-electron chi connectivity index (χ1n) is 11.4. The number of ether oxygens (including phenoxy) is 2. The van der Waals surface area contributed by atoms with E-state index in [2.05, 4.69) is 52.0 Å². The van der Waals surface area contributed by atoms with E-state index in [1.807, 2.05) is 12.1 Å². The number of methoxy groups -OCH3 is 1. The van der Waals surface area contributed by atoms with Crippen LogP contribution in [-0.2, 0) is 15.6 Å². The van der Waals surface area contributed by atoms with Crippen molar-refractivity contribution in [1.29, 1.82) is 0 Å². The molecule has 33 heavy (non-hydrogen) atoms. The van der Waals surface area contributed by atoms with Crippen molar-refractivity contribution in [2.24, 2.45) is 0 Å². The summed E-state index contributed by atoms with van der Waals surface area (Å²) < 4.78 is 11.3. The summed E-state index contributed by atoms with van der Waals surface area (Å²) in [5, 5.41) is 11.2. The minimum Gasteiger partial charge on any atom is -0.545 e. The fraction of sp³-hybridized carbons (Fsp3) is 0.345. The smallest absolute Gasteiger partial charge is 0.188 e. The van der Waals surface area contributed by atoms with Crippen LogP contribution >= 0.6 is 0 Å². The molecule has 0 unspecified atom stereocenters. The summed E-state index contributed by atoms with van der Waals surface area (Å²) in [7, 11) is 1.60. The quantitative estimate of drug-likeness (QED) is 0.458. The van der Waals surface area contributed by atoms with Gasteiger partial charge in [-0.1, -0.05) is 88.4 Å². The van der Waals surface area contributed by atoms with Crippen LogP contribution in [0.4, 0.5) is 0 Å². The van der Waals surface area contributed by atoms with Gasteiger partial charge in [-0.3, -0.25) is 0 Å². The van der Waals surface area contributed by atoms with E-state index in [4.69, 9.17) is 9.47 Å². The first-order valence-corrected chi connectivity index (χ1v) is 11.4. The van der Waals surface area contributed by atoms with Crippen LogP contribution in [0.1, 0.15) is 62.0 Å². The molecule has 0 saturated heterocycles. The molecule has 0 fully saturated rings. The molecule has 0 spiro atoms. The molecule has 3 aromatic rings. The van der Waals surface area contributed by atoms with Gasteiger partial charge in [0, 0.05) is 18.2 Å². The molecule has 0 N–H and O–H groups in total. The zero-order chi connectivity index (χ0) is 23.8. The third-order valence-corrected chi connectivity index (χ3v) is 6.93. The lowest BCUT2D eigenvalue weighted by Crippen LogP contribution is -2.33. The standard InChI is InChI=1S/C29H32O4/c1-28(2)15-16-29(3,4)25-17-21(13-14-24(25)28)23-8-6-7-22(26(23)33-18-32-5)19-9-11-20(12-10-19)27(30)31/h6-14,17H,15-16,18H2,1-5H3,(H,30,31)/p-1. The van der Waals surface area contributed by atoms with Crippen molar-refractivity contribution in [2.75, 3.05) is 13.9 Å². The molecule has 0 heterocycles. The van der Waals surface area contributed by atoms with Crippen LogP contribution < -0.4 is 9.84 Å². The van der Waals surface area contributed by atoms with Crippen LogP contribution in [0, 0.1) is 0 Å². The number of carboxylic acid groups (broad SMARTS) is 1. The molecule has 3 aromatic carbocycles. The van der Waals surface area contributed by atoms with Gasteiger partial charge in [0.25, 0.3) is 0 Å². The molecule has 0 bridgehead atoms. The summed E-state index contributed by atoms with van der Waals surface area (Å²) in [6, 6.07) is 19.5. The first kappa shape index (κ1) is 23.1. The van der Waals surface area contributed by atoms with E-state index in [1.165, 1.54) is 17.5 Å². The summed E-state index contributed by atoms with van der Waals surface area (Å²) in [4.78, 5) is 11.2. The van der Waals surface area contributed by atoms with E-state index in [0.29, 0.717) is 5.75 Å². The highest BCUT2D eigenvalue weighted by Gasteiger charge is 2.37. The molecule has 0 aliphatic heterocycles. The highest BCUT2D eigenvalue weighted by atomic mass is 16.7. The average Bonchev–Trinajstić information content (AvgIpc) is 2.80. The summed E-state index contributed by atoms with van der Waals surface area (Å²) in [6.07, 6.45) is 2.32. The van der Waals surface area contributed by atoms with E-state index in [1.54, 1.807) is 31.4 Å². The van der Waals surface area contributed by atoms with Gasteiger partial charge in [0.15, 0.2) is 6.79 Å². The lowest BCUT2D eigenvalue weighted by atomic mass is 9.63. The second kappa shape index (κ2) is 8.68. The lowest BCUT2D eigenvalue weighted by Gasteiger charge is -2.42. The Morgan fingerprint density at radius 1 is 0.848 bits per heavy atom. The highest BCUT2D eigenvalue weighted by molar-refractivity contribution is 5.88. The number of para-hydroxylation sites is 1. The number of fused-ring (bicyclic) bond motifs is 1. The van der Waals surface area contributed by atoms with Crippen LogP contribution in [0.25, 0.3) is 22.3 Å². The normalized spacial score (nSPS) is 16.2. The second-order valence-corrected chi connectivity index (χ2v) is 10.1. The van der Waals surface area contributed by atoms with Crippen LogP contribution in [0.15, 0.2) is 60.7 Å². The monoisotopic (exact) mass is 443 g/mol. The number of hydrogen-bond acceptors (Lipinski definition) is 4. The Balaban J connectivity index is 1.86. The maximum absolute atomic E-state index is 11.2. The zero-order valence-electron chi connectivity index (χ0n) is 20.0. The van der Waals surface area contributed by atoms with Gasteiger partial charge in [-0.15, -0.1) is 0 Å². The van der Waals surface area contributed by atoms with Gasteiger partial charge in [0.05, 0.1) is 5.97 Å². The van der Waals surface area contributed by atoms with Gasteiger partial charge in [-0.25, -0.2) is 0 Å². The van der Waals surface area contributed by atoms with E-state index >= 15 is 0 Å². The molecule has 172 valence electrons. The Kier molecular flexibility index (Phi) is 6.06. The van der Waals surface area contributed by atoms with Crippen molar-refractivity contribution in [3.05, 3.63) is 77.4 Å². The number of benzene rings is 3. The Hall–Kier alpha value is -3.11. The topological polar surface area (TPSA) is 58.6 Å². The number of carbonyl (C=O) groups excluding carboxylic acids is 1. The highest BCUT2D eigenvalue weighted by Crippen LogP contribution is 2.48. The second-order valence-electron chi connectivity index (χ2n) is 10.1. The number of carboxylic acids is 1. The molecule has 0 radical (unpaired) electrons. The molecule has 0 atom stereocenters. The largest absolute Gasteiger partial charge is 0.545 e. The fourth-order valence-electron chi connectivity index (χ4n) is 4.81. The number of hydrogen-bond donors (Lipinski definition) is 0. The Morgan fingerprint density at radius 2 is 1.42 bits per heavy atom. The lowest BCUT2D eigenvalue weighted by molar-refractivity contribution is -0.255. The van der Waals surface area contributed by atoms with Crippen LogP contribution in [0.3, 0.4) is 0 Å². The number of carbonyl (C=O) groups is 1. The Morgan fingerprint density at radius 3 is 2.03 bits per heavy atom. The van der Waals surface area contributed by atoms with Crippen molar-refractivity contribution in [3.63, 3.8) is 0 Å². The Labute approximate surface area is 196 Å². The third kappa shape index (κ3) is 4.40. The SMILES string of the molecule is COCOc1c(-c2ccc(C(=O)[O-])cc2)cccc1-c1ccc2c(c1)C(C)(C)CCC2(C)C.